The number of halogens is 1. The smallest absolute Gasteiger partial charge is 0.239 e. The fourth-order valence-electron chi connectivity index (χ4n) is 4.66. The van der Waals surface area contributed by atoms with E-state index in [0.29, 0.717) is 22.9 Å². The van der Waals surface area contributed by atoms with Crippen molar-refractivity contribution in [3.8, 4) is 0 Å². The highest BCUT2D eigenvalue weighted by atomic mass is 35.5. The third-order valence-corrected chi connectivity index (χ3v) is 7.39. The van der Waals surface area contributed by atoms with E-state index in [0.717, 1.165) is 44.2 Å². The predicted octanol–water partition coefficient (Wildman–Crippen LogP) is 6.96. The van der Waals surface area contributed by atoms with Gasteiger partial charge < -0.3 is 10.6 Å². The Balaban J connectivity index is 1.83. The summed E-state index contributed by atoms with van der Waals surface area (Å²) in [5, 5.41) is 18.1. The Labute approximate surface area is 228 Å². The number of H-pyrrole nitrogens is 1. The second kappa shape index (κ2) is 18.2. The van der Waals surface area contributed by atoms with Crippen LogP contribution in [0, 0.1) is 6.92 Å². The van der Waals surface area contributed by atoms with Crippen molar-refractivity contribution in [2.45, 2.75) is 136 Å². The predicted molar refractivity (Wildman–Crippen MR) is 151 cm³/mol. The monoisotopic (exact) mass is 536 g/mol. The maximum Gasteiger partial charge on any atom is 0.239 e. The molecule has 2 aromatic heterocycles. The van der Waals surface area contributed by atoms with Crippen LogP contribution in [-0.2, 0) is 9.59 Å². The van der Waals surface area contributed by atoms with Gasteiger partial charge in [0.15, 0.2) is 11.5 Å². The first kappa shape index (κ1) is 31.1. The lowest BCUT2D eigenvalue weighted by atomic mass is 10.0. The minimum atomic E-state index is -0.309. The van der Waals surface area contributed by atoms with E-state index < -0.39 is 0 Å². The summed E-state index contributed by atoms with van der Waals surface area (Å²) in [4.78, 5) is 24.9. The summed E-state index contributed by atoms with van der Waals surface area (Å²) >= 11 is 6.35. The second-order valence-electron chi connectivity index (χ2n) is 10.3. The van der Waals surface area contributed by atoms with Crippen molar-refractivity contribution in [1.29, 1.82) is 0 Å². The Morgan fingerprint density at radius 2 is 1.41 bits per heavy atom. The summed E-state index contributed by atoms with van der Waals surface area (Å²) in [7, 11) is 0. The van der Waals surface area contributed by atoms with Gasteiger partial charge in [0, 0.05) is 6.42 Å². The van der Waals surface area contributed by atoms with E-state index in [1.54, 1.807) is 4.52 Å². The van der Waals surface area contributed by atoms with Crippen LogP contribution < -0.4 is 10.6 Å². The average Bonchev–Trinajstić information content (AvgIpc) is 3.42. The van der Waals surface area contributed by atoms with Crippen LogP contribution in [0.15, 0.2) is 0 Å². The SMILES string of the molecule is CCCCCCCCCCCCC(NC(=O)CNC(=O)CCCCCCC)c1nnc2c(Cl)c(C)[nH]n12. The second-order valence-corrected chi connectivity index (χ2v) is 10.7. The first-order valence-corrected chi connectivity index (χ1v) is 15.0. The highest BCUT2D eigenvalue weighted by Crippen LogP contribution is 2.25. The topological polar surface area (TPSA) is 104 Å². The highest BCUT2D eigenvalue weighted by Gasteiger charge is 2.23. The molecule has 0 aliphatic heterocycles. The van der Waals surface area contributed by atoms with E-state index in [1.807, 2.05) is 6.92 Å². The summed E-state index contributed by atoms with van der Waals surface area (Å²) in [6, 6.07) is -0.309. The Morgan fingerprint density at radius 1 is 0.838 bits per heavy atom. The third-order valence-electron chi connectivity index (χ3n) is 6.94. The fourth-order valence-corrected chi connectivity index (χ4v) is 4.83. The molecule has 0 saturated carbocycles. The molecule has 0 aliphatic carbocycles. The quantitative estimate of drug-likeness (QED) is 0.150. The van der Waals surface area contributed by atoms with Crippen molar-refractivity contribution >= 4 is 29.1 Å². The fraction of sp³-hybridized carbons (Fsp3) is 0.786. The van der Waals surface area contributed by atoms with Crippen LogP contribution in [0.3, 0.4) is 0 Å². The number of rotatable bonds is 21. The number of aromatic nitrogens is 4. The minimum Gasteiger partial charge on any atom is -0.347 e. The molecule has 9 heteroatoms. The highest BCUT2D eigenvalue weighted by molar-refractivity contribution is 6.34. The zero-order valence-electron chi connectivity index (χ0n) is 23.3. The van der Waals surface area contributed by atoms with Gasteiger partial charge in [-0.15, -0.1) is 10.2 Å². The van der Waals surface area contributed by atoms with Gasteiger partial charge in [-0.2, -0.15) is 0 Å². The van der Waals surface area contributed by atoms with Crippen molar-refractivity contribution in [3.05, 3.63) is 16.5 Å². The number of hydrogen-bond acceptors (Lipinski definition) is 4. The zero-order valence-corrected chi connectivity index (χ0v) is 24.1. The Bertz CT molecular complexity index is 925. The number of carbonyl (C=O) groups excluding carboxylic acids is 2. The van der Waals surface area contributed by atoms with Crippen molar-refractivity contribution in [2.24, 2.45) is 0 Å². The number of aromatic amines is 1. The molecular formula is C28H49ClN6O2. The molecule has 0 spiro atoms. The molecule has 2 rings (SSSR count). The van der Waals surface area contributed by atoms with Gasteiger partial charge in [0.05, 0.1) is 18.3 Å². The van der Waals surface area contributed by atoms with Crippen LogP contribution in [-0.4, -0.2) is 38.2 Å². The van der Waals surface area contributed by atoms with Gasteiger partial charge in [0.1, 0.15) is 5.02 Å². The molecule has 0 fully saturated rings. The van der Waals surface area contributed by atoms with Crippen molar-refractivity contribution in [2.75, 3.05) is 6.54 Å². The van der Waals surface area contributed by atoms with E-state index in [9.17, 15) is 9.59 Å². The summed E-state index contributed by atoms with van der Waals surface area (Å²) < 4.78 is 1.76. The summed E-state index contributed by atoms with van der Waals surface area (Å²) in [6.07, 6.45) is 19.2. The zero-order chi connectivity index (χ0) is 26.9. The number of amides is 2. The van der Waals surface area contributed by atoms with Crippen LogP contribution in [0.2, 0.25) is 5.02 Å². The number of unbranched alkanes of at least 4 members (excludes halogenated alkanes) is 13. The maximum absolute atomic E-state index is 12.7. The van der Waals surface area contributed by atoms with Crippen molar-refractivity contribution in [1.82, 2.24) is 30.4 Å². The average molecular weight is 537 g/mol. The van der Waals surface area contributed by atoms with E-state index in [-0.39, 0.29) is 24.4 Å². The molecule has 0 bridgehead atoms. The Morgan fingerprint density at radius 3 is 2.03 bits per heavy atom. The van der Waals surface area contributed by atoms with Gasteiger partial charge in [-0.25, -0.2) is 4.52 Å². The van der Waals surface area contributed by atoms with E-state index in [1.165, 1.54) is 64.2 Å². The molecule has 8 nitrogen and oxygen atoms in total. The Hall–Kier alpha value is -2.09. The van der Waals surface area contributed by atoms with E-state index >= 15 is 0 Å². The molecule has 1 unspecified atom stereocenters. The molecule has 37 heavy (non-hydrogen) atoms. The van der Waals surface area contributed by atoms with Crippen LogP contribution in [0.4, 0.5) is 0 Å². The molecule has 0 saturated heterocycles. The number of nitrogens with one attached hydrogen (secondary N) is 3. The number of hydrogen-bond donors (Lipinski definition) is 3. The van der Waals surface area contributed by atoms with Gasteiger partial charge in [-0.05, 0) is 19.8 Å². The number of carbonyl (C=O) groups is 2. The third kappa shape index (κ3) is 11.5. The lowest BCUT2D eigenvalue weighted by Crippen LogP contribution is -2.39. The van der Waals surface area contributed by atoms with E-state index in [4.69, 9.17) is 11.6 Å². The molecule has 0 aliphatic rings. The van der Waals surface area contributed by atoms with Crippen molar-refractivity contribution in [3.63, 3.8) is 0 Å². The molecule has 2 amide bonds. The first-order chi connectivity index (χ1) is 18.0. The van der Waals surface area contributed by atoms with Crippen LogP contribution >= 0.6 is 11.6 Å². The molecule has 210 valence electrons. The molecule has 0 radical (unpaired) electrons. The lowest BCUT2D eigenvalue weighted by Gasteiger charge is -2.17. The maximum atomic E-state index is 12.7. The minimum absolute atomic E-state index is 0.0330. The first-order valence-electron chi connectivity index (χ1n) is 14.6. The molecule has 2 heterocycles. The lowest BCUT2D eigenvalue weighted by molar-refractivity contribution is -0.126. The van der Waals surface area contributed by atoms with Gasteiger partial charge in [-0.1, -0.05) is 115 Å². The summed E-state index contributed by atoms with van der Waals surface area (Å²) in [5.74, 6) is 0.341. The van der Waals surface area contributed by atoms with Gasteiger partial charge >= 0.3 is 0 Å². The standard InChI is InChI=1S/C28H49ClN6O2/c1-4-6-8-10-11-12-13-14-16-17-19-23(27-32-33-28-26(29)22(3)34-35(27)28)31-25(37)21-30-24(36)20-18-15-9-7-5-2/h23,34H,4-21H2,1-3H3,(H,30,36)(H,31,37). The molecule has 1 atom stereocenters. The van der Waals surface area contributed by atoms with Gasteiger partial charge in [0.2, 0.25) is 11.8 Å². The number of fused-ring (bicyclic) bond motifs is 1. The molecule has 3 N–H and O–H groups in total. The largest absolute Gasteiger partial charge is 0.347 e. The Kier molecular flexibility index (Phi) is 15.3. The van der Waals surface area contributed by atoms with Crippen molar-refractivity contribution < 1.29 is 9.59 Å². The number of nitrogens with zero attached hydrogens (tertiary/aromatic N) is 3. The van der Waals surface area contributed by atoms with Crippen LogP contribution in [0.5, 0.6) is 0 Å². The molecular weight excluding hydrogens is 488 g/mol. The summed E-state index contributed by atoms with van der Waals surface area (Å²) in [6.45, 7) is 6.27. The van der Waals surface area contributed by atoms with Gasteiger partial charge in [-0.3, -0.25) is 14.7 Å². The normalized spacial score (nSPS) is 12.2. The molecule has 0 aromatic carbocycles. The van der Waals surface area contributed by atoms with E-state index in [2.05, 4.69) is 39.8 Å². The molecule has 2 aromatic rings. The van der Waals surface area contributed by atoms with Crippen LogP contribution in [0.25, 0.3) is 5.65 Å². The van der Waals surface area contributed by atoms with Crippen LogP contribution in [0.1, 0.15) is 141 Å². The summed E-state index contributed by atoms with van der Waals surface area (Å²) in [5.41, 5.74) is 1.37. The number of aryl methyl sites for hydroxylation is 1. The van der Waals surface area contributed by atoms with Gasteiger partial charge in [0.25, 0.3) is 0 Å².